The summed E-state index contributed by atoms with van der Waals surface area (Å²) in [6, 6.07) is 21.7. The number of rotatable bonds is 18. The van der Waals surface area contributed by atoms with Crippen molar-refractivity contribution in [3.05, 3.63) is 84.9 Å². The van der Waals surface area contributed by atoms with Gasteiger partial charge in [0.2, 0.25) is 17.8 Å². The van der Waals surface area contributed by atoms with Crippen molar-refractivity contribution in [3.63, 3.8) is 0 Å². The van der Waals surface area contributed by atoms with Gasteiger partial charge in [0.1, 0.15) is 11.5 Å². The van der Waals surface area contributed by atoms with Gasteiger partial charge in [-0.15, -0.1) is 4.33 Å². The summed E-state index contributed by atoms with van der Waals surface area (Å²) in [5, 5.41) is 37.4. The molecule has 24 heteroatoms. The van der Waals surface area contributed by atoms with Crippen molar-refractivity contribution in [2.75, 3.05) is 42.5 Å². The number of anilines is 5. The molecule has 6 N–H and O–H groups in total. The quantitative estimate of drug-likeness (QED) is 0.0168. The van der Waals surface area contributed by atoms with Gasteiger partial charge in [0.05, 0.1) is 71.0 Å². The molecule has 0 amide bonds. The molecule has 0 saturated heterocycles. The van der Waals surface area contributed by atoms with Crippen LogP contribution < -0.4 is 25.4 Å². The van der Waals surface area contributed by atoms with E-state index in [1.807, 2.05) is 0 Å². The zero-order valence-electron chi connectivity index (χ0n) is 28.5. The van der Waals surface area contributed by atoms with Crippen LogP contribution in [-0.2, 0) is 29.6 Å². The average Bonchev–Trinajstić information content (AvgIpc) is 3.15. The Morgan fingerprint density at radius 2 is 1.18 bits per heavy atom. The number of nitrogens with zero attached hydrogens (tertiary/aromatic N) is 7. The lowest BCUT2D eigenvalue weighted by molar-refractivity contribution is -0.432. The van der Waals surface area contributed by atoms with E-state index >= 15 is 0 Å². The van der Waals surface area contributed by atoms with Crippen molar-refractivity contribution in [3.8, 4) is 11.5 Å². The predicted molar refractivity (Wildman–Crippen MR) is 199 cm³/mol. The molecule has 0 radical (unpaired) electrons. The molecule has 0 atom stereocenters. The first-order valence-electron chi connectivity index (χ1n) is 15.3. The van der Waals surface area contributed by atoms with Crippen molar-refractivity contribution in [1.82, 2.24) is 15.0 Å². The molecule has 0 aliphatic carbocycles. The fraction of sp³-hybridized carbons (Fsp3) is 0.129. The molecule has 5 rings (SSSR count). The van der Waals surface area contributed by atoms with Crippen LogP contribution in [0.2, 0.25) is 0 Å². The summed E-state index contributed by atoms with van der Waals surface area (Å²) < 4.78 is 79.6. The highest BCUT2D eigenvalue weighted by Crippen LogP contribution is 2.35. The van der Waals surface area contributed by atoms with E-state index in [0.29, 0.717) is 39.1 Å². The van der Waals surface area contributed by atoms with E-state index in [0.717, 1.165) is 18.1 Å². The summed E-state index contributed by atoms with van der Waals surface area (Å²) in [5.74, 6) is -0.0708. The minimum Gasteiger partial charge on any atom is -0.494 e. The highest BCUT2D eigenvalue weighted by Gasteiger charge is 2.15. The Hall–Kier alpha value is -5.86. The Morgan fingerprint density at radius 3 is 1.69 bits per heavy atom. The molecule has 0 fully saturated rings. The van der Waals surface area contributed by atoms with Crippen molar-refractivity contribution in [2.45, 2.75) is 9.79 Å². The van der Waals surface area contributed by atoms with Crippen LogP contribution in [-0.4, -0.2) is 72.7 Å². The van der Waals surface area contributed by atoms with E-state index in [1.54, 1.807) is 54.6 Å². The van der Waals surface area contributed by atoms with Gasteiger partial charge in [-0.3, -0.25) is 9.11 Å². The number of azo groups is 2. The summed E-state index contributed by atoms with van der Waals surface area (Å²) in [6.07, 6.45) is 0. The van der Waals surface area contributed by atoms with Gasteiger partial charge in [0, 0.05) is 23.6 Å². The summed E-state index contributed by atoms with van der Waals surface area (Å²) in [7, 11) is -5.86. The number of ether oxygens (including phenoxy) is 2. The Balaban J connectivity index is 1.38. The second kappa shape index (κ2) is 18.5. The molecular formula is C31H30N10O11S3. The maximum atomic E-state index is 11.5. The molecule has 4 aromatic carbocycles. The number of hydrogen-bond acceptors (Lipinski definition) is 20. The lowest BCUT2D eigenvalue weighted by atomic mass is 10.2. The van der Waals surface area contributed by atoms with Crippen LogP contribution in [0.4, 0.5) is 52.0 Å². The average molecular weight is 815 g/mol. The topological polar surface area (TPSA) is 290 Å². The Labute approximate surface area is 317 Å². The fourth-order valence-electron chi connectivity index (χ4n) is 4.38. The highest BCUT2D eigenvalue weighted by molar-refractivity contribution is 7.94. The molecule has 0 bridgehead atoms. The molecule has 55 heavy (non-hydrogen) atoms. The van der Waals surface area contributed by atoms with Crippen LogP contribution in [0.25, 0.3) is 0 Å². The van der Waals surface area contributed by atoms with Crippen LogP contribution in [0.3, 0.4) is 0 Å². The zero-order valence-corrected chi connectivity index (χ0v) is 30.9. The second-order valence-corrected chi connectivity index (χ2v) is 14.4. The first-order chi connectivity index (χ1) is 26.3. The fourth-order valence-corrected chi connectivity index (χ4v) is 5.67. The van der Waals surface area contributed by atoms with Crippen molar-refractivity contribution >= 4 is 84.2 Å². The van der Waals surface area contributed by atoms with Gasteiger partial charge in [-0.1, -0.05) is 17.2 Å². The molecule has 0 unspecified atom stereocenters. The van der Waals surface area contributed by atoms with Crippen molar-refractivity contribution in [1.29, 1.82) is 0 Å². The third kappa shape index (κ3) is 12.3. The Bertz CT molecular complexity index is 2420. The molecule has 0 spiro atoms. The molecule has 1 heterocycles. The number of benzene rings is 4. The minimum absolute atomic E-state index is 0.000523. The van der Waals surface area contributed by atoms with E-state index in [4.69, 9.17) is 14.7 Å². The summed E-state index contributed by atoms with van der Waals surface area (Å²) in [6.45, 7) is -0.231. The molecule has 288 valence electrons. The van der Waals surface area contributed by atoms with Gasteiger partial charge in [-0.05, 0) is 60.7 Å². The van der Waals surface area contributed by atoms with Gasteiger partial charge < -0.3 is 25.4 Å². The molecule has 21 nitrogen and oxygen atoms in total. The van der Waals surface area contributed by atoms with Gasteiger partial charge in [0.25, 0.3) is 20.2 Å². The Morgan fingerprint density at radius 1 is 0.673 bits per heavy atom. The van der Waals surface area contributed by atoms with Gasteiger partial charge in [-0.25, -0.2) is 5.26 Å². The summed E-state index contributed by atoms with van der Waals surface area (Å²) in [4.78, 5) is 13.3. The van der Waals surface area contributed by atoms with E-state index in [1.165, 1.54) is 38.5 Å². The van der Waals surface area contributed by atoms with Gasteiger partial charge >= 0.3 is 0 Å². The maximum absolute atomic E-state index is 11.5. The summed E-state index contributed by atoms with van der Waals surface area (Å²) >= 11 is 0.778. The van der Waals surface area contributed by atoms with Crippen LogP contribution in [0.1, 0.15) is 0 Å². The van der Waals surface area contributed by atoms with Crippen LogP contribution in [0.5, 0.6) is 11.5 Å². The molecule has 1 aromatic heterocycles. The molecule has 0 saturated carbocycles. The van der Waals surface area contributed by atoms with Crippen LogP contribution in [0.15, 0.2) is 115 Å². The third-order valence-electron chi connectivity index (χ3n) is 6.80. The van der Waals surface area contributed by atoms with Gasteiger partial charge in [0.15, 0.2) is 0 Å². The first kappa shape index (κ1) is 40.3. The van der Waals surface area contributed by atoms with Crippen molar-refractivity contribution < 1.29 is 50.0 Å². The second-order valence-electron chi connectivity index (χ2n) is 10.6. The molecule has 5 aromatic rings. The molecular weight excluding hydrogens is 785 g/mol. The number of aromatic nitrogens is 3. The lowest BCUT2D eigenvalue weighted by Gasteiger charge is -2.14. The molecule has 0 aliphatic rings. The van der Waals surface area contributed by atoms with E-state index < -0.39 is 26.0 Å². The standard InChI is InChI=1S/C31H30N10O11S3/c1-49-27-17-21(40-38-19-5-3-7-23(15-19)53-52-51-42)9-11-25(27)33-30-35-29(32-13-14-54(43,44)45)36-31(37-30)34-26-12-10-22(18-28(26)50-2)41-39-20-6-4-8-24(16-20)55(46,47)48/h3-12,15-18,42H,13-14H2,1-2H3,(H,43,44,45)(H,46,47,48)(H3,32,33,34,35,36,37). The normalized spacial score (nSPS) is 11.9. The number of hydrogen-bond donors (Lipinski definition) is 6. The zero-order chi connectivity index (χ0) is 39.4. The smallest absolute Gasteiger partial charge is 0.294 e. The summed E-state index contributed by atoms with van der Waals surface area (Å²) in [5.41, 5.74) is 2.22. The number of methoxy groups -OCH3 is 2. The SMILES string of the molecule is COc1cc(N=Nc2cccc(SOOO)c2)ccc1Nc1nc(NCCS(=O)(=O)O)nc(Nc2ccc(N=Nc3cccc(S(=O)(=O)O)c3)cc2OC)n1. The molecule has 0 aliphatic heterocycles. The van der Waals surface area contributed by atoms with Crippen molar-refractivity contribution in [2.24, 2.45) is 20.5 Å². The van der Waals surface area contributed by atoms with Gasteiger partial charge in [-0.2, -0.15) is 52.2 Å². The van der Waals surface area contributed by atoms with Crippen LogP contribution >= 0.6 is 12.0 Å². The van der Waals surface area contributed by atoms with E-state index in [2.05, 4.69) is 60.7 Å². The first-order valence-corrected chi connectivity index (χ1v) is 19.1. The highest BCUT2D eigenvalue weighted by atomic mass is 32.2. The predicted octanol–water partition coefficient (Wildman–Crippen LogP) is 7.18. The van der Waals surface area contributed by atoms with Crippen LogP contribution in [0, 0.1) is 0 Å². The monoisotopic (exact) mass is 814 g/mol. The minimum atomic E-state index is -4.43. The van der Waals surface area contributed by atoms with E-state index in [-0.39, 0.29) is 40.7 Å². The number of nitrogens with one attached hydrogen (secondary N) is 3. The third-order valence-corrected chi connectivity index (χ3v) is 8.94. The maximum Gasteiger partial charge on any atom is 0.294 e. The largest absolute Gasteiger partial charge is 0.494 e. The van der Waals surface area contributed by atoms with E-state index in [9.17, 15) is 25.9 Å². The Kier molecular flexibility index (Phi) is 13.5. The lowest BCUT2D eigenvalue weighted by Crippen LogP contribution is -2.17.